The fourth-order valence-electron chi connectivity index (χ4n) is 3.68. The van der Waals surface area contributed by atoms with Crippen LogP contribution in [0, 0.1) is 19.8 Å². The summed E-state index contributed by atoms with van der Waals surface area (Å²) in [5.41, 5.74) is 2.29. The third-order valence-corrected chi connectivity index (χ3v) is 5.65. The number of nitrogens with one attached hydrogen (secondary N) is 2. The van der Waals surface area contributed by atoms with Crippen molar-refractivity contribution >= 4 is 29.9 Å². The summed E-state index contributed by atoms with van der Waals surface area (Å²) in [4.78, 5) is 4.91. The maximum absolute atomic E-state index is 4.91. The van der Waals surface area contributed by atoms with Crippen molar-refractivity contribution in [1.82, 2.24) is 35.2 Å². The first-order valence-electron chi connectivity index (χ1n) is 12.0. The second-order valence-electron chi connectivity index (χ2n) is 8.26. The molecule has 2 aromatic heterocycles. The molecule has 0 aromatic carbocycles. The summed E-state index contributed by atoms with van der Waals surface area (Å²) in [6, 6.07) is 2.12. The van der Waals surface area contributed by atoms with Crippen LogP contribution in [0.15, 0.2) is 17.4 Å². The van der Waals surface area contributed by atoms with Gasteiger partial charge in [0.1, 0.15) is 12.2 Å². The molecule has 2 rings (SSSR count). The van der Waals surface area contributed by atoms with E-state index in [2.05, 4.69) is 68.9 Å². The zero-order valence-corrected chi connectivity index (χ0v) is 22.9. The van der Waals surface area contributed by atoms with Crippen molar-refractivity contribution in [3.63, 3.8) is 0 Å². The number of hydrogen-bond acceptors (Lipinski definition) is 4. The number of aryl methyl sites for hydroxylation is 4. The van der Waals surface area contributed by atoms with Gasteiger partial charge in [0.2, 0.25) is 0 Å². The summed E-state index contributed by atoms with van der Waals surface area (Å²) in [7, 11) is 0. The van der Waals surface area contributed by atoms with Crippen LogP contribution < -0.4 is 10.6 Å². The van der Waals surface area contributed by atoms with Crippen molar-refractivity contribution in [3.05, 3.63) is 29.6 Å². The minimum absolute atomic E-state index is 0. The van der Waals surface area contributed by atoms with Crippen LogP contribution in [-0.2, 0) is 19.5 Å². The molecule has 0 fully saturated rings. The van der Waals surface area contributed by atoms with E-state index in [0.29, 0.717) is 5.92 Å². The van der Waals surface area contributed by atoms with E-state index in [0.717, 1.165) is 63.0 Å². The van der Waals surface area contributed by atoms with Gasteiger partial charge in [-0.3, -0.25) is 9.67 Å². The molecule has 32 heavy (non-hydrogen) atoms. The molecule has 2 aromatic rings. The monoisotopic (exact) mass is 558 g/mol. The van der Waals surface area contributed by atoms with E-state index in [1.165, 1.54) is 31.4 Å². The van der Waals surface area contributed by atoms with E-state index in [1.807, 2.05) is 6.92 Å². The van der Waals surface area contributed by atoms with Crippen LogP contribution in [0.25, 0.3) is 0 Å². The largest absolute Gasteiger partial charge is 0.356 e. The van der Waals surface area contributed by atoms with Gasteiger partial charge in [0.15, 0.2) is 5.96 Å². The molecule has 8 nitrogen and oxygen atoms in total. The predicted octanol–water partition coefficient (Wildman–Crippen LogP) is 4.11. The Kier molecular flexibility index (Phi) is 14.2. The van der Waals surface area contributed by atoms with Crippen molar-refractivity contribution in [2.45, 2.75) is 86.2 Å². The first kappa shape index (κ1) is 28.4. The highest BCUT2D eigenvalue weighted by Gasteiger charge is 2.07. The van der Waals surface area contributed by atoms with Crippen molar-refractivity contribution < 1.29 is 0 Å². The van der Waals surface area contributed by atoms with Crippen molar-refractivity contribution in [2.24, 2.45) is 10.9 Å². The average molecular weight is 559 g/mol. The minimum atomic E-state index is 0. The van der Waals surface area contributed by atoms with Gasteiger partial charge in [-0.05, 0) is 38.7 Å². The fraction of sp³-hybridized carbons (Fsp3) is 0.739. The summed E-state index contributed by atoms with van der Waals surface area (Å²) in [6.45, 7) is 15.0. The van der Waals surface area contributed by atoms with Crippen LogP contribution >= 0.6 is 24.0 Å². The zero-order valence-electron chi connectivity index (χ0n) is 20.6. The number of halogens is 1. The number of nitrogens with zero attached hydrogens (tertiary/aromatic N) is 6. The topological polar surface area (TPSA) is 85.0 Å². The van der Waals surface area contributed by atoms with E-state index in [1.54, 1.807) is 6.33 Å². The first-order valence-corrected chi connectivity index (χ1v) is 12.0. The van der Waals surface area contributed by atoms with Gasteiger partial charge in [-0.1, -0.05) is 40.0 Å². The molecule has 0 spiro atoms. The van der Waals surface area contributed by atoms with Gasteiger partial charge in [-0.25, -0.2) is 0 Å². The Labute approximate surface area is 211 Å². The fourth-order valence-corrected chi connectivity index (χ4v) is 3.68. The number of aliphatic imine (C=N–C) groups is 1. The van der Waals surface area contributed by atoms with Crippen LogP contribution in [0.5, 0.6) is 0 Å². The second kappa shape index (κ2) is 16.0. The first-order chi connectivity index (χ1) is 15.1. The maximum Gasteiger partial charge on any atom is 0.191 e. The van der Waals surface area contributed by atoms with Crippen molar-refractivity contribution in [2.75, 3.05) is 19.6 Å². The highest BCUT2D eigenvalue weighted by Crippen LogP contribution is 2.12. The molecule has 0 aliphatic heterocycles. The lowest BCUT2D eigenvalue weighted by Gasteiger charge is -2.16. The Bertz CT molecular complexity index is 783. The van der Waals surface area contributed by atoms with E-state index in [9.17, 15) is 0 Å². The Hall–Kier alpha value is -1.65. The van der Waals surface area contributed by atoms with Crippen LogP contribution in [0.3, 0.4) is 0 Å². The molecule has 0 saturated carbocycles. The standard InChI is InChI=1S/C23H42N8.HI/c1-6-9-11-21(7-2)17-26-23(25-13-15-30-18-27-28-22(30)8-3)24-12-10-14-31-20(5)16-19(4)29-31;/h16,18,21H,6-15,17H2,1-5H3,(H2,24,25,26);1H. The Morgan fingerprint density at radius 1 is 1.09 bits per heavy atom. The summed E-state index contributed by atoms with van der Waals surface area (Å²) in [6.07, 6.45) is 8.64. The molecule has 0 saturated heterocycles. The lowest BCUT2D eigenvalue weighted by Crippen LogP contribution is -2.40. The predicted molar refractivity (Wildman–Crippen MR) is 143 cm³/mol. The molecule has 0 amide bonds. The summed E-state index contributed by atoms with van der Waals surface area (Å²) < 4.78 is 4.18. The normalized spacial score (nSPS) is 12.5. The molecule has 1 unspecified atom stereocenters. The molecule has 182 valence electrons. The molecule has 0 radical (unpaired) electrons. The smallest absolute Gasteiger partial charge is 0.191 e. The number of guanidine groups is 1. The highest BCUT2D eigenvalue weighted by molar-refractivity contribution is 14.0. The Balaban J connectivity index is 0.00000512. The molecule has 0 aliphatic carbocycles. The van der Waals surface area contributed by atoms with Crippen molar-refractivity contribution in [1.29, 1.82) is 0 Å². The van der Waals surface area contributed by atoms with Gasteiger partial charge in [0, 0.05) is 44.8 Å². The summed E-state index contributed by atoms with van der Waals surface area (Å²) >= 11 is 0. The average Bonchev–Trinajstić information content (AvgIpc) is 3.35. The molecule has 1 atom stereocenters. The number of unbranched alkanes of at least 4 members (excludes halogenated alkanes) is 1. The van der Waals surface area contributed by atoms with E-state index in [4.69, 9.17) is 4.99 Å². The van der Waals surface area contributed by atoms with Crippen LogP contribution in [0.1, 0.15) is 70.1 Å². The second-order valence-corrected chi connectivity index (χ2v) is 8.26. The molecule has 2 heterocycles. The van der Waals surface area contributed by atoms with Gasteiger partial charge >= 0.3 is 0 Å². The molecular weight excluding hydrogens is 515 g/mol. The number of rotatable bonds is 14. The Morgan fingerprint density at radius 3 is 2.53 bits per heavy atom. The SMILES string of the molecule is CCCCC(CC)CN=C(NCCCn1nc(C)cc1C)NCCn1cnnc1CC.I. The number of hydrogen-bond donors (Lipinski definition) is 2. The molecule has 0 aliphatic rings. The van der Waals surface area contributed by atoms with Gasteiger partial charge in [-0.15, -0.1) is 34.2 Å². The lowest BCUT2D eigenvalue weighted by molar-refractivity contribution is 0.460. The minimum Gasteiger partial charge on any atom is -0.356 e. The third-order valence-electron chi connectivity index (χ3n) is 5.65. The van der Waals surface area contributed by atoms with Gasteiger partial charge in [-0.2, -0.15) is 5.10 Å². The van der Waals surface area contributed by atoms with Gasteiger partial charge in [0.25, 0.3) is 0 Å². The van der Waals surface area contributed by atoms with E-state index in [-0.39, 0.29) is 24.0 Å². The van der Waals surface area contributed by atoms with Crippen LogP contribution in [0.2, 0.25) is 0 Å². The van der Waals surface area contributed by atoms with Gasteiger partial charge < -0.3 is 15.2 Å². The summed E-state index contributed by atoms with van der Waals surface area (Å²) in [5, 5.41) is 19.7. The van der Waals surface area contributed by atoms with E-state index >= 15 is 0 Å². The lowest BCUT2D eigenvalue weighted by atomic mass is 10.00. The van der Waals surface area contributed by atoms with Crippen molar-refractivity contribution in [3.8, 4) is 0 Å². The molecule has 0 bridgehead atoms. The van der Waals surface area contributed by atoms with Crippen LogP contribution in [-0.4, -0.2) is 50.1 Å². The van der Waals surface area contributed by atoms with Crippen LogP contribution in [0.4, 0.5) is 0 Å². The summed E-state index contributed by atoms with van der Waals surface area (Å²) in [5.74, 6) is 2.57. The third kappa shape index (κ3) is 9.87. The molecule has 2 N–H and O–H groups in total. The quantitative estimate of drug-likeness (QED) is 0.158. The molecular formula is C23H43IN8. The Morgan fingerprint density at radius 2 is 1.88 bits per heavy atom. The van der Waals surface area contributed by atoms with Gasteiger partial charge in [0.05, 0.1) is 5.69 Å². The highest BCUT2D eigenvalue weighted by atomic mass is 127. The maximum atomic E-state index is 4.91. The number of aromatic nitrogens is 5. The molecule has 9 heteroatoms. The zero-order chi connectivity index (χ0) is 22.5. The van der Waals surface area contributed by atoms with E-state index < -0.39 is 0 Å².